The first-order valence-corrected chi connectivity index (χ1v) is 10.1. The van der Waals surface area contributed by atoms with Gasteiger partial charge in [0.25, 0.3) is 0 Å². The molecular weight excluding hydrogens is 322 g/mol. The summed E-state index contributed by atoms with van der Waals surface area (Å²) in [5, 5.41) is 2.16. The van der Waals surface area contributed by atoms with Crippen molar-refractivity contribution in [3.63, 3.8) is 0 Å². The van der Waals surface area contributed by atoms with Gasteiger partial charge in [0, 0.05) is 28.5 Å². The molecular formula is C19H23NOS2. The molecule has 0 saturated carbocycles. The summed E-state index contributed by atoms with van der Waals surface area (Å²) in [7, 11) is 0. The molecule has 0 aliphatic carbocycles. The topological polar surface area (TPSA) is 20.3 Å². The van der Waals surface area contributed by atoms with E-state index in [0.717, 1.165) is 25.1 Å². The summed E-state index contributed by atoms with van der Waals surface area (Å²) in [4.78, 5) is 17.5. The Kier molecular flexibility index (Phi) is 5.44. The summed E-state index contributed by atoms with van der Waals surface area (Å²) in [5.74, 6) is 1.15. The lowest BCUT2D eigenvalue weighted by atomic mass is 9.97. The van der Waals surface area contributed by atoms with Crippen LogP contribution in [-0.2, 0) is 11.2 Å². The number of thiophene rings is 1. The molecule has 1 aromatic heterocycles. The van der Waals surface area contributed by atoms with Gasteiger partial charge in [-0.1, -0.05) is 24.6 Å². The molecule has 2 aromatic rings. The number of rotatable bonds is 5. The number of carbonyl (C=O) groups excluding carboxylic acids is 1. The fourth-order valence-electron chi connectivity index (χ4n) is 3.17. The van der Waals surface area contributed by atoms with E-state index in [2.05, 4.69) is 54.5 Å². The van der Waals surface area contributed by atoms with Gasteiger partial charge in [-0.15, -0.1) is 23.1 Å². The highest BCUT2D eigenvalue weighted by Gasteiger charge is 2.29. The Morgan fingerprint density at radius 3 is 2.83 bits per heavy atom. The number of thioether (sulfide) groups is 1. The summed E-state index contributed by atoms with van der Waals surface area (Å²) in [6, 6.07) is 11.0. The van der Waals surface area contributed by atoms with Crippen molar-refractivity contribution in [2.75, 3.05) is 12.3 Å². The van der Waals surface area contributed by atoms with Gasteiger partial charge in [0.05, 0.1) is 6.04 Å². The molecule has 0 radical (unpaired) electrons. The molecule has 1 aromatic carbocycles. The van der Waals surface area contributed by atoms with Crippen LogP contribution in [0.4, 0.5) is 0 Å². The SMILES string of the molecule is CCC1c2ccsc2CCN1C(=O)CCSc1ccc(C)cc1. The zero-order valence-corrected chi connectivity index (χ0v) is 15.4. The second kappa shape index (κ2) is 7.54. The second-order valence-corrected chi connectivity index (χ2v) is 8.14. The normalized spacial score (nSPS) is 17.1. The van der Waals surface area contributed by atoms with Crippen molar-refractivity contribution in [2.24, 2.45) is 0 Å². The molecule has 1 amide bonds. The predicted molar refractivity (Wildman–Crippen MR) is 99.3 cm³/mol. The summed E-state index contributed by atoms with van der Waals surface area (Å²) in [6.45, 7) is 5.15. The van der Waals surface area contributed by atoms with Gasteiger partial charge in [0.1, 0.15) is 0 Å². The maximum absolute atomic E-state index is 12.7. The van der Waals surface area contributed by atoms with Gasteiger partial charge in [-0.3, -0.25) is 4.79 Å². The maximum Gasteiger partial charge on any atom is 0.223 e. The van der Waals surface area contributed by atoms with Crippen LogP contribution in [0.1, 0.15) is 41.8 Å². The van der Waals surface area contributed by atoms with E-state index in [1.807, 2.05) is 11.3 Å². The van der Waals surface area contributed by atoms with Crippen LogP contribution in [0, 0.1) is 6.92 Å². The molecule has 1 aliphatic rings. The van der Waals surface area contributed by atoms with Crippen LogP contribution in [0.3, 0.4) is 0 Å². The van der Waals surface area contributed by atoms with E-state index in [-0.39, 0.29) is 6.04 Å². The molecule has 1 aliphatic heterocycles. The number of nitrogens with zero attached hydrogens (tertiary/aromatic N) is 1. The lowest BCUT2D eigenvalue weighted by Crippen LogP contribution is -2.39. The van der Waals surface area contributed by atoms with Gasteiger partial charge in [-0.25, -0.2) is 0 Å². The third-order valence-electron chi connectivity index (χ3n) is 4.41. The lowest BCUT2D eigenvalue weighted by Gasteiger charge is -2.35. The van der Waals surface area contributed by atoms with Crippen molar-refractivity contribution in [3.8, 4) is 0 Å². The van der Waals surface area contributed by atoms with Crippen LogP contribution >= 0.6 is 23.1 Å². The van der Waals surface area contributed by atoms with Crippen molar-refractivity contribution in [2.45, 2.75) is 44.0 Å². The summed E-state index contributed by atoms with van der Waals surface area (Å²) in [6.07, 6.45) is 2.63. The van der Waals surface area contributed by atoms with E-state index in [9.17, 15) is 4.79 Å². The Balaban J connectivity index is 1.57. The zero-order valence-electron chi connectivity index (χ0n) is 13.7. The van der Waals surface area contributed by atoms with Gasteiger partial charge >= 0.3 is 0 Å². The molecule has 0 saturated heterocycles. The number of benzene rings is 1. The van der Waals surface area contributed by atoms with Gasteiger partial charge in [-0.2, -0.15) is 0 Å². The molecule has 122 valence electrons. The monoisotopic (exact) mass is 345 g/mol. The van der Waals surface area contributed by atoms with Crippen molar-refractivity contribution in [3.05, 3.63) is 51.7 Å². The molecule has 2 heterocycles. The van der Waals surface area contributed by atoms with Crippen LogP contribution in [0.15, 0.2) is 40.6 Å². The van der Waals surface area contributed by atoms with Crippen LogP contribution in [0.25, 0.3) is 0 Å². The molecule has 0 N–H and O–H groups in total. The Morgan fingerprint density at radius 1 is 1.30 bits per heavy atom. The largest absolute Gasteiger partial charge is 0.335 e. The van der Waals surface area contributed by atoms with Crippen LogP contribution < -0.4 is 0 Å². The molecule has 2 nitrogen and oxygen atoms in total. The highest BCUT2D eigenvalue weighted by atomic mass is 32.2. The molecule has 0 spiro atoms. The van der Waals surface area contributed by atoms with Gasteiger partial charge in [-0.05, 0) is 48.9 Å². The minimum Gasteiger partial charge on any atom is -0.335 e. The number of carbonyl (C=O) groups is 1. The van der Waals surface area contributed by atoms with E-state index < -0.39 is 0 Å². The number of hydrogen-bond acceptors (Lipinski definition) is 3. The lowest BCUT2D eigenvalue weighted by molar-refractivity contribution is -0.133. The molecule has 1 unspecified atom stereocenters. The smallest absolute Gasteiger partial charge is 0.223 e. The third-order valence-corrected chi connectivity index (χ3v) is 6.42. The van der Waals surface area contributed by atoms with Gasteiger partial charge in [0.15, 0.2) is 0 Å². The fraction of sp³-hybridized carbons (Fsp3) is 0.421. The summed E-state index contributed by atoms with van der Waals surface area (Å²) in [5.41, 5.74) is 2.65. The first kappa shape index (κ1) is 16.6. The van der Waals surface area contributed by atoms with Crippen molar-refractivity contribution in [1.29, 1.82) is 0 Å². The van der Waals surface area contributed by atoms with E-state index in [0.29, 0.717) is 12.3 Å². The number of fused-ring (bicyclic) bond motifs is 1. The molecule has 1 atom stereocenters. The highest BCUT2D eigenvalue weighted by Crippen LogP contribution is 2.35. The average molecular weight is 346 g/mol. The quantitative estimate of drug-likeness (QED) is 0.705. The Bertz CT molecular complexity index is 662. The van der Waals surface area contributed by atoms with Crippen LogP contribution in [0.5, 0.6) is 0 Å². The van der Waals surface area contributed by atoms with Crippen LogP contribution in [0.2, 0.25) is 0 Å². The number of hydrogen-bond donors (Lipinski definition) is 0. The van der Waals surface area contributed by atoms with Gasteiger partial charge < -0.3 is 4.90 Å². The number of aryl methyl sites for hydroxylation is 1. The fourth-order valence-corrected chi connectivity index (χ4v) is 4.94. The van der Waals surface area contributed by atoms with E-state index in [1.54, 1.807) is 11.8 Å². The average Bonchev–Trinajstić information content (AvgIpc) is 3.04. The standard InChI is InChI=1S/C19H23NOS2/c1-3-17-16-9-12-23-18(16)8-11-20(17)19(21)10-13-22-15-6-4-14(2)5-7-15/h4-7,9,12,17H,3,8,10-11,13H2,1-2H3. The van der Waals surface area contributed by atoms with Crippen molar-refractivity contribution >= 4 is 29.0 Å². The van der Waals surface area contributed by atoms with Crippen molar-refractivity contribution in [1.82, 2.24) is 4.90 Å². The molecule has 3 rings (SSSR count). The first-order chi connectivity index (χ1) is 11.2. The highest BCUT2D eigenvalue weighted by molar-refractivity contribution is 7.99. The Labute approximate surface area is 146 Å². The molecule has 23 heavy (non-hydrogen) atoms. The van der Waals surface area contributed by atoms with Crippen LogP contribution in [-0.4, -0.2) is 23.1 Å². The zero-order chi connectivity index (χ0) is 16.2. The Hall–Kier alpha value is -1.26. The summed E-state index contributed by atoms with van der Waals surface area (Å²) >= 11 is 3.60. The maximum atomic E-state index is 12.7. The minimum atomic E-state index is 0.280. The third kappa shape index (κ3) is 3.81. The molecule has 4 heteroatoms. The van der Waals surface area contributed by atoms with Crippen molar-refractivity contribution < 1.29 is 4.79 Å². The molecule has 0 bridgehead atoms. The predicted octanol–water partition coefficient (Wildman–Crippen LogP) is 5.07. The van der Waals surface area contributed by atoms with Gasteiger partial charge in [0.2, 0.25) is 5.91 Å². The second-order valence-electron chi connectivity index (χ2n) is 5.97. The summed E-state index contributed by atoms with van der Waals surface area (Å²) < 4.78 is 0. The van der Waals surface area contributed by atoms with E-state index in [1.165, 1.54) is 20.9 Å². The van der Waals surface area contributed by atoms with E-state index >= 15 is 0 Å². The first-order valence-electron chi connectivity index (χ1n) is 8.24. The van der Waals surface area contributed by atoms with E-state index in [4.69, 9.17) is 0 Å². The number of amides is 1. The Morgan fingerprint density at radius 2 is 2.09 bits per heavy atom. The minimum absolute atomic E-state index is 0.280. The molecule has 0 fully saturated rings.